The molecule has 2 nitrogen and oxygen atoms in total. The average Bonchev–Trinajstić information content (AvgIpc) is 3.58. The van der Waals surface area contributed by atoms with Gasteiger partial charge in [-0.15, -0.1) is 11.3 Å². The SMILES string of the molecule is c1ccc2cc(-n3c4ccccc4c4cc5c6ccccc6c6cc7c(cc6c5cc43)sc3ccccc37)ncc2c1. The van der Waals surface area contributed by atoms with E-state index in [4.69, 9.17) is 4.98 Å². The minimum atomic E-state index is 0.941. The minimum Gasteiger partial charge on any atom is -0.294 e. The molecular weight excluding hydrogens is 529 g/mol. The molecule has 0 saturated heterocycles. The molecular formula is C39H22N2S. The first-order valence-corrected chi connectivity index (χ1v) is 15.1. The second-order valence-electron chi connectivity index (χ2n) is 11.2. The average molecular weight is 551 g/mol. The Balaban J connectivity index is 1.41. The summed E-state index contributed by atoms with van der Waals surface area (Å²) >= 11 is 1.88. The molecule has 42 heavy (non-hydrogen) atoms. The molecule has 0 unspecified atom stereocenters. The number of hydrogen-bond acceptors (Lipinski definition) is 2. The van der Waals surface area contributed by atoms with Crippen molar-refractivity contribution >= 4 is 96.4 Å². The van der Waals surface area contributed by atoms with Gasteiger partial charge in [0.15, 0.2) is 0 Å². The van der Waals surface area contributed by atoms with E-state index in [2.05, 4.69) is 132 Å². The smallest absolute Gasteiger partial charge is 0.138 e. The molecule has 0 saturated carbocycles. The summed E-state index contributed by atoms with van der Waals surface area (Å²) in [6.45, 7) is 0. The van der Waals surface area contributed by atoms with Crippen LogP contribution in [0.15, 0.2) is 134 Å². The van der Waals surface area contributed by atoms with Crippen LogP contribution in [0.3, 0.4) is 0 Å². The molecule has 3 heteroatoms. The van der Waals surface area contributed by atoms with Crippen molar-refractivity contribution in [3.63, 3.8) is 0 Å². The second kappa shape index (κ2) is 8.16. The summed E-state index contributed by atoms with van der Waals surface area (Å²) in [7, 11) is 0. The van der Waals surface area contributed by atoms with Gasteiger partial charge in [-0.1, -0.05) is 84.9 Å². The van der Waals surface area contributed by atoms with Gasteiger partial charge in [0, 0.05) is 42.5 Å². The maximum Gasteiger partial charge on any atom is 0.138 e. The molecule has 3 aromatic heterocycles. The van der Waals surface area contributed by atoms with Crippen LogP contribution in [0.5, 0.6) is 0 Å². The summed E-state index contributed by atoms with van der Waals surface area (Å²) in [6.07, 6.45) is 1.99. The quantitative estimate of drug-likeness (QED) is 0.186. The van der Waals surface area contributed by atoms with Crippen LogP contribution >= 0.6 is 11.3 Å². The summed E-state index contributed by atoms with van der Waals surface area (Å²) in [5.41, 5.74) is 2.35. The molecule has 0 radical (unpaired) electrons. The Bertz CT molecular complexity index is 2750. The fraction of sp³-hybridized carbons (Fsp3) is 0. The highest BCUT2D eigenvalue weighted by Gasteiger charge is 2.18. The number of benzene rings is 7. The van der Waals surface area contributed by atoms with E-state index in [1.165, 1.54) is 79.7 Å². The summed E-state index contributed by atoms with van der Waals surface area (Å²) in [5.74, 6) is 0.941. The first-order valence-electron chi connectivity index (χ1n) is 14.3. The van der Waals surface area contributed by atoms with E-state index in [1.807, 2.05) is 17.5 Å². The summed E-state index contributed by atoms with van der Waals surface area (Å²) in [4.78, 5) is 4.97. The number of para-hydroxylation sites is 1. The van der Waals surface area contributed by atoms with Gasteiger partial charge in [-0.25, -0.2) is 4.98 Å². The van der Waals surface area contributed by atoms with Gasteiger partial charge in [0.25, 0.3) is 0 Å². The van der Waals surface area contributed by atoms with E-state index in [1.54, 1.807) is 0 Å². The molecule has 0 atom stereocenters. The van der Waals surface area contributed by atoms with E-state index in [0.29, 0.717) is 0 Å². The van der Waals surface area contributed by atoms with Gasteiger partial charge in [-0.3, -0.25) is 4.57 Å². The lowest BCUT2D eigenvalue weighted by molar-refractivity contribution is 1.09. The first kappa shape index (κ1) is 22.4. The third-order valence-electron chi connectivity index (χ3n) is 8.97. The zero-order valence-corrected chi connectivity index (χ0v) is 23.3. The Morgan fingerprint density at radius 3 is 1.86 bits per heavy atom. The third kappa shape index (κ3) is 2.95. The maximum absolute atomic E-state index is 4.97. The number of nitrogens with zero attached hydrogens (tertiary/aromatic N) is 2. The zero-order chi connectivity index (χ0) is 27.4. The van der Waals surface area contributed by atoms with Gasteiger partial charge in [0.05, 0.1) is 11.0 Å². The molecule has 0 bridgehead atoms. The zero-order valence-electron chi connectivity index (χ0n) is 22.5. The van der Waals surface area contributed by atoms with Crippen LogP contribution in [0.2, 0.25) is 0 Å². The Labute approximate surface area is 244 Å². The van der Waals surface area contributed by atoms with Crippen molar-refractivity contribution in [1.29, 1.82) is 0 Å². The first-order chi connectivity index (χ1) is 20.8. The number of aromatic nitrogens is 2. The molecule has 0 aliphatic rings. The van der Waals surface area contributed by atoms with E-state index in [9.17, 15) is 0 Å². The Kier molecular flexibility index (Phi) is 4.36. The lowest BCUT2D eigenvalue weighted by Gasteiger charge is -2.13. The summed E-state index contributed by atoms with van der Waals surface area (Å²) in [6, 6.07) is 46.7. The lowest BCUT2D eigenvalue weighted by atomic mass is 9.92. The van der Waals surface area contributed by atoms with Crippen molar-refractivity contribution in [3.8, 4) is 5.82 Å². The van der Waals surface area contributed by atoms with Crippen LogP contribution in [0.1, 0.15) is 0 Å². The number of fused-ring (bicyclic) bond motifs is 13. The Morgan fingerprint density at radius 2 is 1.02 bits per heavy atom. The number of thiophene rings is 1. The monoisotopic (exact) mass is 550 g/mol. The predicted octanol–water partition coefficient (Wildman–Crippen LogP) is 11.2. The molecule has 0 aliphatic heterocycles. The summed E-state index contributed by atoms with van der Waals surface area (Å²) < 4.78 is 5.01. The van der Waals surface area contributed by atoms with Crippen molar-refractivity contribution in [1.82, 2.24) is 9.55 Å². The number of rotatable bonds is 1. The molecule has 10 rings (SSSR count). The van der Waals surface area contributed by atoms with Crippen LogP contribution in [-0.2, 0) is 0 Å². The Morgan fingerprint density at radius 1 is 0.405 bits per heavy atom. The molecule has 3 heterocycles. The van der Waals surface area contributed by atoms with Crippen molar-refractivity contribution < 1.29 is 0 Å². The number of pyridine rings is 1. The number of hydrogen-bond donors (Lipinski definition) is 0. The molecule has 0 spiro atoms. The molecule has 0 fully saturated rings. The van der Waals surface area contributed by atoms with Crippen LogP contribution < -0.4 is 0 Å². The molecule has 7 aromatic carbocycles. The van der Waals surface area contributed by atoms with Crippen LogP contribution in [-0.4, -0.2) is 9.55 Å². The van der Waals surface area contributed by atoms with E-state index in [0.717, 1.165) is 11.2 Å². The highest BCUT2D eigenvalue weighted by molar-refractivity contribution is 7.25. The molecule has 10 aromatic rings. The second-order valence-corrected chi connectivity index (χ2v) is 12.3. The Hall–Kier alpha value is -5.25. The standard InChI is InChI=1S/C39H22N2S/c1-2-10-24-22-40-39(17-23(24)9-1)41-35-15-7-5-13-27(35)33-18-29-25-11-3-4-12-26(25)30-19-34-28-14-6-8-16-37(28)42-38(34)21-32(30)31(29)20-36(33)41/h1-22H. The molecule has 0 N–H and O–H groups in total. The van der Waals surface area contributed by atoms with Gasteiger partial charge in [0.2, 0.25) is 0 Å². The van der Waals surface area contributed by atoms with Crippen LogP contribution in [0.4, 0.5) is 0 Å². The van der Waals surface area contributed by atoms with Gasteiger partial charge in [0.1, 0.15) is 5.82 Å². The van der Waals surface area contributed by atoms with Gasteiger partial charge < -0.3 is 0 Å². The van der Waals surface area contributed by atoms with E-state index < -0.39 is 0 Å². The van der Waals surface area contributed by atoms with Gasteiger partial charge in [-0.2, -0.15) is 0 Å². The van der Waals surface area contributed by atoms with Crippen molar-refractivity contribution in [2.75, 3.05) is 0 Å². The van der Waals surface area contributed by atoms with Crippen molar-refractivity contribution in [2.45, 2.75) is 0 Å². The fourth-order valence-electron chi connectivity index (χ4n) is 7.07. The highest BCUT2D eigenvalue weighted by Crippen LogP contribution is 2.44. The lowest BCUT2D eigenvalue weighted by Crippen LogP contribution is -1.97. The molecule has 0 aliphatic carbocycles. The van der Waals surface area contributed by atoms with Gasteiger partial charge >= 0.3 is 0 Å². The third-order valence-corrected chi connectivity index (χ3v) is 10.1. The van der Waals surface area contributed by atoms with E-state index >= 15 is 0 Å². The van der Waals surface area contributed by atoms with Crippen LogP contribution in [0, 0.1) is 0 Å². The fourth-order valence-corrected chi connectivity index (χ4v) is 8.20. The highest BCUT2D eigenvalue weighted by atomic mass is 32.1. The predicted molar refractivity (Wildman–Crippen MR) is 181 cm³/mol. The van der Waals surface area contributed by atoms with Crippen molar-refractivity contribution in [3.05, 3.63) is 134 Å². The largest absolute Gasteiger partial charge is 0.294 e. The normalized spacial score (nSPS) is 12.3. The molecule has 194 valence electrons. The van der Waals surface area contributed by atoms with Crippen LogP contribution in [0.25, 0.3) is 90.9 Å². The van der Waals surface area contributed by atoms with E-state index in [-0.39, 0.29) is 0 Å². The van der Waals surface area contributed by atoms with Gasteiger partial charge in [-0.05, 0) is 80.2 Å². The maximum atomic E-state index is 4.97. The summed E-state index contributed by atoms with van der Waals surface area (Å²) in [5, 5.41) is 15.3. The topological polar surface area (TPSA) is 17.8 Å². The molecule has 0 amide bonds. The van der Waals surface area contributed by atoms with Crippen molar-refractivity contribution in [2.24, 2.45) is 0 Å². The minimum absolute atomic E-state index is 0.941.